The lowest BCUT2D eigenvalue weighted by atomic mass is 9.96. The molecule has 0 radical (unpaired) electrons. The van der Waals surface area contributed by atoms with E-state index in [0.29, 0.717) is 15.6 Å². The van der Waals surface area contributed by atoms with Crippen LogP contribution < -0.4 is 5.32 Å². The van der Waals surface area contributed by atoms with Crippen LogP contribution in [0.2, 0.25) is 10.0 Å². The molecule has 2 aromatic carbocycles. The number of aromatic nitrogens is 1. The molecule has 0 amide bonds. The molecule has 0 aliphatic rings. The molecule has 0 saturated carbocycles. The van der Waals surface area contributed by atoms with Gasteiger partial charge in [0.1, 0.15) is 11.3 Å². The number of nitrogens with one attached hydrogen (secondary N) is 1. The fourth-order valence-corrected chi connectivity index (χ4v) is 2.88. The van der Waals surface area contributed by atoms with Crippen molar-refractivity contribution < 1.29 is 5.11 Å². The summed E-state index contributed by atoms with van der Waals surface area (Å²) in [7, 11) is 1.83. The van der Waals surface area contributed by atoms with Crippen LogP contribution in [0.25, 0.3) is 10.9 Å². The number of fused-ring (bicyclic) bond motifs is 1. The zero-order valence-corrected chi connectivity index (χ0v) is 13.4. The Morgan fingerprint density at radius 1 is 1.09 bits per heavy atom. The Balaban J connectivity index is 2.14. The number of aromatic hydroxyl groups is 1. The number of pyridine rings is 1. The molecule has 3 rings (SSSR count). The maximum Gasteiger partial charge on any atom is 0.146 e. The average Bonchev–Trinajstić information content (AvgIpc) is 2.54. The Labute approximate surface area is 138 Å². The lowest BCUT2D eigenvalue weighted by Gasteiger charge is -2.19. The summed E-state index contributed by atoms with van der Waals surface area (Å²) < 4.78 is 0. The van der Waals surface area contributed by atoms with E-state index in [4.69, 9.17) is 23.2 Å². The fourth-order valence-electron chi connectivity index (χ4n) is 2.57. The first-order valence-corrected chi connectivity index (χ1v) is 7.56. The van der Waals surface area contributed by atoms with Crippen molar-refractivity contribution in [3.8, 4) is 5.75 Å². The molecule has 1 heterocycles. The highest BCUT2D eigenvalue weighted by molar-refractivity contribution is 6.42. The van der Waals surface area contributed by atoms with Crippen LogP contribution in [-0.2, 0) is 0 Å². The van der Waals surface area contributed by atoms with Crippen LogP contribution in [0.5, 0.6) is 5.75 Å². The second-order valence-corrected chi connectivity index (χ2v) is 5.79. The summed E-state index contributed by atoms with van der Waals surface area (Å²) in [4.78, 5) is 4.26. The van der Waals surface area contributed by atoms with Gasteiger partial charge in [-0.1, -0.05) is 47.5 Å². The fraction of sp³-hybridized carbons (Fsp3) is 0.118. The van der Waals surface area contributed by atoms with Gasteiger partial charge in [0.05, 0.1) is 16.1 Å². The molecule has 3 aromatic rings. The number of halogens is 2. The van der Waals surface area contributed by atoms with E-state index in [9.17, 15) is 5.11 Å². The molecule has 0 bridgehead atoms. The first-order valence-electron chi connectivity index (χ1n) is 6.80. The van der Waals surface area contributed by atoms with Crippen molar-refractivity contribution in [2.24, 2.45) is 0 Å². The second kappa shape index (κ2) is 6.13. The van der Waals surface area contributed by atoms with Gasteiger partial charge < -0.3 is 10.4 Å². The highest BCUT2D eigenvalue weighted by Gasteiger charge is 2.18. The molecule has 0 aliphatic carbocycles. The van der Waals surface area contributed by atoms with Gasteiger partial charge in [-0.2, -0.15) is 0 Å². The molecule has 1 atom stereocenters. The summed E-state index contributed by atoms with van der Waals surface area (Å²) in [6, 6.07) is 12.8. The Bertz CT molecular complexity index is 836. The lowest BCUT2D eigenvalue weighted by molar-refractivity contribution is 0.466. The zero-order valence-electron chi connectivity index (χ0n) is 11.8. The van der Waals surface area contributed by atoms with Gasteiger partial charge in [0, 0.05) is 17.1 Å². The summed E-state index contributed by atoms with van der Waals surface area (Å²) in [6.07, 6.45) is 1.67. The Hall–Kier alpha value is -1.81. The average molecular weight is 333 g/mol. The van der Waals surface area contributed by atoms with Crippen LogP contribution >= 0.6 is 23.2 Å². The number of rotatable bonds is 3. The third kappa shape index (κ3) is 2.63. The third-order valence-electron chi connectivity index (χ3n) is 3.66. The van der Waals surface area contributed by atoms with Gasteiger partial charge in [0.15, 0.2) is 0 Å². The smallest absolute Gasteiger partial charge is 0.146 e. The van der Waals surface area contributed by atoms with Crippen LogP contribution in [0.15, 0.2) is 48.7 Å². The predicted octanol–water partition coefficient (Wildman–Crippen LogP) is 4.56. The Morgan fingerprint density at radius 3 is 2.64 bits per heavy atom. The van der Waals surface area contributed by atoms with E-state index in [1.54, 1.807) is 18.3 Å². The predicted molar refractivity (Wildman–Crippen MR) is 90.8 cm³/mol. The zero-order chi connectivity index (χ0) is 15.7. The topological polar surface area (TPSA) is 45.2 Å². The molecule has 3 nitrogen and oxygen atoms in total. The number of nitrogens with zero attached hydrogens (tertiary/aromatic N) is 1. The van der Waals surface area contributed by atoms with Gasteiger partial charge in [0.25, 0.3) is 0 Å². The number of phenols is 1. The minimum absolute atomic E-state index is 0.170. The Morgan fingerprint density at radius 2 is 1.91 bits per heavy atom. The SMILES string of the molecule is CNC(c1ccc(Cl)c(Cl)c1)c1ccc2cccnc2c1O. The summed E-state index contributed by atoms with van der Waals surface area (Å²) in [5, 5.41) is 15.7. The van der Waals surface area contributed by atoms with Crippen molar-refractivity contribution in [2.45, 2.75) is 6.04 Å². The van der Waals surface area contributed by atoms with Crippen molar-refractivity contribution in [3.05, 3.63) is 69.8 Å². The van der Waals surface area contributed by atoms with E-state index >= 15 is 0 Å². The van der Waals surface area contributed by atoms with E-state index in [2.05, 4.69) is 10.3 Å². The minimum atomic E-state index is -0.207. The van der Waals surface area contributed by atoms with Gasteiger partial charge in [-0.3, -0.25) is 4.98 Å². The van der Waals surface area contributed by atoms with Gasteiger partial charge in [-0.05, 0) is 30.8 Å². The van der Waals surface area contributed by atoms with Crippen molar-refractivity contribution >= 4 is 34.1 Å². The highest BCUT2D eigenvalue weighted by atomic mass is 35.5. The molecule has 22 heavy (non-hydrogen) atoms. The van der Waals surface area contributed by atoms with E-state index in [0.717, 1.165) is 16.5 Å². The Kier molecular flexibility index (Phi) is 4.21. The molecule has 5 heteroatoms. The monoisotopic (exact) mass is 332 g/mol. The maximum atomic E-state index is 10.6. The lowest BCUT2D eigenvalue weighted by Crippen LogP contribution is -2.18. The third-order valence-corrected chi connectivity index (χ3v) is 4.39. The van der Waals surface area contributed by atoms with Crippen molar-refractivity contribution in [2.75, 3.05) is 7.05 Å². The van der Waals surface area contributed by atoms with Gasteiger partial charge in [0.2, 0.25) is 0 Å². The molecule has 1 unspecified atom stereocenters. The standard InChI is InChI=1S/C17H14Cl2N2O/c1-20-15(11-5-7-13(18)14(19)9-11)12-6-4-10-3-2-8-21-16(10)17(12)22/h2-9,15,20,22H,1H3. The van der Waals surface area contributed by atoms with Crippen LogP contribution in [0.1, 0.15) is 17.2 Å². The second-order valence-electron chi connectivity index (χ2n) is 4.97. The first-order chi connectivity index (χ1) is 10.6. The number of benzene rings is 2. The molecule has 112 valence electrons. The largest absolute Gasteiger partial charge is 0.505 e. The normalized spacial score (nSPS) is 12.5. The number of hydrogen-bond donors (Lipinski definition) is 2. The minimum Gasteiger partial charge on any atom is -0.505 e. The van der Waals surface area contributed by atoms with Crippen molar-refractivity contribution in [3.63, 3.8) is 0 Å². The molecule has 0 fully saturated rings. The number of hydrogen-bond acceptors (Lipinski definition) is 3. The van der Waals surface area contributed by atoms with Gasteiger partial charge in [-0.15, -0.1) is 0 Å². The van der Waals surface area contributed by atoms with E-state index in [1.807, 2.05) is 37.4 Å². The van der Waals surface area contributed by atoms with Crippen LogP contribution in [-0.4, -0.2) is 17.1 Å². The van der Waals surface area contributed by atoms with Gasteiger partial charge in [-0.25, -0.2) is 0 Å². The van der Waals surface area contributed by atoms with Gasteiger partial charge >= 0.3 is 0 Å². The van der Waals surface area contributed by atoms with Crippen LogP contribution in [0, 0.1) is 0 Å². The molecular weight excluding hydrogens is 319 g/mol. The molecule has 2 N–H and O–H groups in total. The molecule has 0 saturated heterocycles. The van der Waals surface area contributed by atoms with Crippen molar-refractivity contribution in [1.29, 1.82) is 0 Å². The maximum absolute atomic E-state index is 10.6. The quantitative estimate of drug-likeness (QED) is 0.739. The molecule has 0 spiro atoms. The number of phenolic OH excluding ortho intramolecular Hbond substituents is 1. The summed E-state index contributed by atoms with van der Waals surface area (Å²) in [5.74, 6) is 0.170. The first kappa shape index (κ1) is 15.1. The summed E-state index contributed by atoms with van der Waals surface area (Å²) >= 11 is 12.1. The molecule has 1 aromatic heterocycles. The molecular formula is C17H14Cl2N2O. The molecule has 0 aliphatic heterocycles. The van der Waals surface area contributed by atoms with E-state index in [1.165, 1.54) is 0 Å². The van der Waals surface area contributed by atoms with Crippen LogP contribution in [0.4, 0.5) is 0 Å². The highest BCUT2D eigenvalue weighted by Crippen LogP contribution is 2.35. The van der Waals surface area contributed by atoms with Crippen LogP contribution in [0.3, 0.4) is 0 Å². The summed E-state index contributed by atoms with van der Waals surface area (Å²) in [6.45, 7) is 0. The van der Waals surface area contributed by atoms with Crippen molar-refractivity contribution in [1.82, 2.24) is 10.3 Å². The summed E-state index contributed by atoms with van der Waals surface area (Å²) in [5.41, 5.74) is 2.25. The van der Waals surface area contributed by atoms with E-state index in [-0.39, 0.29) is 11.8 Å². The van der Waals surface area contributed by atoms with E-state index < -0.39 is 0 Å².